The summed E-state index contributed by atoms with van der Waals surface area (Å²) >= 11 is 0. The highest BCUT2D eigenvalue weighted by atomic mass is 16.2. The molecule has 6 heteroatoms. The molecule has 0 aromatic heterocycles. The number of amides is 2. The van der Waals surface area contributed by atoms with Crippen molar-refractivity contribution in [1.29, 1.82) is 0 Å². The number of nitrogens with zero attached hydrogens (tertiary/aromatic N) is 2. The lowest BCUT2D eigenvalue weighted by Gasteiger charge is -2.34. The van der Waals surface area contributed by atoms with Gasteiger partial charge < -0.3 is 20.4 Å². The Balaban J connectivity index is 1.53. The molecule has 0 aromatic rings. The fourth-order valence-corrected chi connectivity index (χ4v) is 4.02. The number of likely N-dealkylation sites (N-methyl/N-ethyl adjacent to an activating group) is 1. The van der Waals surface area contributed by atoms with Crippen LogP contribution in [0.2, 0.25) is 0 Å². The Hall–Kier alpha value is -1.14. The van der Waals surface area contributed by atoms with E-state index in [-0.39, 0.29) is 17.7 Å². The minimum atomic E-state index is -0.155. The van der Waals surface area contributed by atoms with Gasteiger partial charge in [0.15, 0.2) is 0 Å². The molecule has 2 atom stereocenters. The highest BCUT2D eigenvalue weighted by Gasteiger charge is 2.31. The molecule has 142 valence electrons. The Morgan fingerprint density at radius 1 is 0.960 bits per heavy atom. The number of hydrogen-bond acceptors (Lipinski definition) is 4. The van der Waals surface area contributed by atoms with Crippen LogP contribution in [0.5, 0.6) is 0 Å². The van der Waals surface area contributed by atoms with E-state index < -0.39 is 0 Å². The second-order valence-electron chi connectivity index (χ2n) is 8.33. The van der Waals surface area contributed by atoms with Crippen LogP contribution in [0, 0.1) is 5.92 Å². The predicted octanol–water partition coefficient (Wildman–Crippen LogP) is 0.966. The maximum atomic E-state index is 12.5. The topological polar surface area (TPSA) is 64.7 Å². The van der Waals surface area contributed by atoms with Crippen molar-refractivity contribution in [3.63, 3.8) is 0 Å². The van der Waals surface area contributed by atoms with Crippen LogP contribution in [-0.4, -0.2) is 73.5 Å². The maximum Gasteiger partial charge on any atom is 0.223 e. The van der Waals surface area contributed by atoms with Gasteiger partial charge in [-0.25, -0.2) is 0 Å². The first-order chi connectivity index (χ1) is 12.0. The average molecular weight is 351 g/mol. The number of carbonyl (C=O) groups is 2. The molecule has 6 nitrogen and oxygen atoms in total. The Bertz CT molecular complexity index is 472. The molecule has 3 aliphatic rings. The van der Waals surface area contributed by atoms with Gasteiger partial charge in [-0.15, -0.1) is 0 Å². The van der Waals surface area contributed by atoms with Gasteiger partial charge in [-0.1, -0.05) is 6.42 Å². The molecular formula is C19H34N4O2. The van der Waals surface area contributed by atoms with E-state index in [1.807, 2.05) is 11.9 Å². The van der Waals surface area contributed by atoms with E-state index in [0.717, 1.165) is 51.7 Å². The third-order valence-corrected chi connectivity index (χ3v) is 5.93. The zero-order chi connectivity index (χ0) is 17.8. The molecule has 25 heavy (non-hydrogen) atoms. The number of nitrogens with one attached hydrogen (secondary N) is 2. The van der Waals surface area contributed by atoms with E-state index in [4.69, 9.17) is 0 Å². The molecule has 2 amide bonds. The molecule has 0 aromatic carbocycles. The molecule has 0 unspecified atom stereocenters. The predicted molar refractivity (Wildman–Crippen MR) is 98.2 cm³/mol. The Labute approximate surface area is 151 Å². The molecule has 2 saturated heterocycles. The smallest absolute Gasteiger partial charge is 0.223 e. The van der Waals surface area contributed by atoms with Gasteiger partial charge >= 0.3 is 0 Å². The van der Waals surface area contributed by atoms with Crippen LogP contribution in [0.15, 0.2) is 0 Å². The van der Waals surface area contributed by atoms with Crippen molar-refractivity contribution < 1.29 is 9.59 Å². The standard InChI is InChI=1S/C19H34N4O2/c1-22-10-8-16(9-11-22)20-17-5-3-4-14(12-18(24)23(2)13-17)19(25)21-15-6-7-15/h14-17,20H,3-13H2,1-2H3,(H,21,25)/t14-,17-/m1/s1. The van der Waals surface area contributed by atoms with Crippen LogP contribution in [-0.2, 0) is 9.59 Å². The zero-order valence-corrected chi connectivity index (χ0v) is 15.8. The largest absolute Gasteiger partial charge is 0.353 e. The van der Waals surface area contributed by atoms with Crippen LogP contribution in [0.25, 0.3) is 0 Å². The lowest BCUT2D eigenvalue weighted by Crippen LogP contribution is -2.49. The number of likely N-dealkylation sites (tertiary alicyclic amines) is 1. The van der Waals surface area contributed by atoms with E-state index in [9.17, 15) is 9.59 Å². The first kappa shape index (κ1) is 18.6. The van der Waals surface area contributed by atoms with Gasteiger partial charge in [-0.05, 0) is 58.7 Å². The molecule has 1 aliphatic carbocycles. The first-order valence-corrected chi connectivity index (χ1v) is 10.00. The van der Waals surface area contributed by atoms with Crippen LogP contribution in [0.4, 0.5) is 0 Å². The molecule has 3 rings (SSSR count). The third-order valence-electron chi connectivity index (χ3n) is 5.93. The van der Waals surface area contributed by atoms with Gasteiger partial charge in [0.1, 0.15) is 0 Å². The third kappa shape index (κ3) is 5.68. The second-order valence-corrected chi connectivity index (χ2v) is 8.33. The fraction of sp³-hybridized carbons (Fsp3) is 0.895. The Kier molecular flexibility index (Phi) is 6.34. The van der Waals surface area contributed by atoms with Gasteiger partial charge in [0.05, 0.1) is 0 Å². The minimum absolute atomic E-state index is 0.0889. The van der Waals surface area contributed by atoms with E-state index in [2.05, 4.69) is 22.6 Å². The van der Waals surface area contributed by atoms with Gasteiger partial charge in [0, 0.05) is 44.1 Å². The summed E-state index contributed by atoms with van der Waals surface area (Å²) in [7, 11) is 4.06. The summed E-state index contributed by atoms with van der Waals surface area (Å²) in [5, 5.41) is 6.87. The molecule has 3 fully saturated rings. The monoisotopic (exact) mass is 350 g/mol. The summed E-state index contributed by atoms with van der Waals surface area (Å²) in [5.74, 6) is 0.0385. The van der Waals surface area contributed by atoms with Gasteiger partial charge in [0.25, 0.3) is 0 Å². The summed E-state index contributed by atoms with van der Waals surface area (Å²) in [4.78, 5) is 29.1. The van der Waals surface area contributed by atoms with Crippen LogP contribution in [0.3, 0.4) is 0 Å². The summed E-state index contributed by atoms with van der Waals surface area (Å²) in [6, 6.07) is 1.26. The number of carbonyl (C=O) groups excluding carboxylic acids is 2. The molecule has 0 bridgehead atoms. The zero-order valence-electron chi connectivity index (χ0n) is 15.8. The van der Waals surface area contributed by atoms with Crippen molar-refractivity contribution in [3.05, 3.63) is 0 Å². The quantitative estimate of drug-likeness (QED) is 0.793. The van der Waals surface area contributed by atoms with Crippen molar-refractivity contribution >= 4 is 11.8 Å². The van der Waals surface area contributed by atoms with E-state index in [1.165, 1.54) is 12.8 Å². The molecule has 2 heterocycles. The summed E-state index contributed by atoms with van der Waals surface area (Å²) < 4.78 is 0. The molecular weight excluding hydrogens is 316 g/mol. The average Bonchev–Trinajstić information content (AvgIpc) is 3.38. The van der Waals surface area contributed by atoms with Crippen LogP contribution < -0.4 is 10.6 Å². The highest BCUT2D eigenvalue weighted by Crippen LogP contribution is 2.23. The highest BCUT2D eigenvalue weighted by molar-refractivity contribution is 5.86. The van der Waals surface area contributed by atoms with Crippen molar-refractivity contribution in [2.75, 3.05) is 33.7 Å². The number of piperidine rings is 1. The summed E-state index contributed by atoms with van der Waals surface area (Å²) in [5.41, 5.74) is 0. The van der Waals surface area contributed by atoms with E-state index in [0.29, 0.717) is 24.5 Å². The maximum absolute atomic E-state index is 12.5. The minimum Gasteiger partial charge on any atom is -0.353 e. The summed E-state index contributed by atoms with van der Waals surface area (Å²) in [6.07, 6.45) is 7.77. The molecule has 2 N–H and O–H groups in total. The van der Waals surface area contributed by atoms with E-state index in [1.54, 1.807) is 0 Å². The molecule has 2 aliphatic heterocycles. The fourth-order valence-electron chi connectivity index (χ4n) is 4.02. The van der Waals surface area contributed by atoms with Crippen molar-refractivity contribution in [1.82, 2.24) is 20.4 Å². The number of hydrogen-bond donors (Lipinski definition) is 2. The molecule has 1 saturated carbocycles. The van der Waals surface area contributed by atoms with Gasteiger partial charge in [-0.3, -0.25) is 9.59 Å². The van der Waals surface area contributed by atoms with Crippen LogP contribution >= 0.6 is 0 Å². The first-order valence-electron chi connectivity index (χ1n) is 10.00. The molecule has 0 radical (unpaired) electrons. The van der Waals surface area contributed by atoms with Crippen molar-refractivity contribution in [3.8, 4) is 0 Å². The Morgan fingerprint density at radius 3 is 2.36 bits per heavy atom. The lowest BCUT2D eigenvalue weighted by molar-refractivity contribution is -0.135. The van der Waals surface area contributed by atoms with Gasteiger partial charge in [0.2, 0.25) is 11.8 Å². The Morgan fingerprint density at radius 2 is 1.68 bits per heavy atom. The van der Waals surface area contributed by atoms with Crippen molar-refractivity contribution in [2.45, 2.75) is 69.5 Å². The van der Waals surface area contributed by atoms with Crippen molar-refractivity contribution in [2.24, 2.45) is 5.92 Å². The number of rotatable bonds is 4. The lowest BCUT2D eigenvalue weighted by atomic mass is 9.96. The normalized spacial score (nSPS) is 30.5. The van der Waals surface area contributed by atoms with Gasteiger partial charge in [-0.2, -0.15) is 0 Å². The SMILES string of the molecule is CN1CCC(N[C@@H]2CCC[C@@H](C(=O)NC3CC3)CC(=O)N(C)C2)CC1. The summed E-state index contributed by atoms with van der Waals surface area (Å²) in [6.45, 7) is 3.03. The van der Waals surface area contributed by atoms with Crippen LogP contribution in [0.1, 0.15) is 51.4 Å². The second kappa shape index (κ2) is 8.49. The van der Waals surface area contributed by atoms with E-state index >= 15 is 0 Å². The molecule has 0 spiro atoms.